The zero-order chi connectivity index (χ0) is 17.3. The van der Waals surface area contributed by atoms with Crippen molar-refractivity contribution in [3.63, 3.8) is 0 Å². The summed E-state index contributed by atoms with van der Waals surface area (Å²) < 4.78 is 5.05. The molecule has 0 saturated heterocycles. The van der Waals surface area contributed by atoms with Gasteiger partial charge in [-0.3, -0.25) is 4.79 Å². The van der Waals surface area contributed by atoms with Crippen molar-refractivity contribution in [1.29, 1.82) is 0 Å². The monoisotopic (exact) mass is 334 g/mol. The summed E-state index contributed by atoms with van der Waals surface area (Å²) in [4.78, 5) is 12.3. The highest BCUT2D eigenvalue weighted by Gasteiger charge is 2.66. The average molecular weight is 334 g/mol. The molecule has 4 fully saturated rings. The van der Waals surface area contributed by atoms with Gasteiger partial charge in [0.2, 0.25) is 0 Å². The smallest absolute Gasteiger partial charge is 0.309 e. The van der Waals surface area contributed by atoms with Gasteiger partial charge in [-0.25, -0.2) is 0 Å². The summed E-state index contributed by atoms with van der Waals surface area (Å²) >= 11 is 0. The zero-order valence-electron chi connectivity index (χ0n) is 14.8. The number of aliphatic hydroxyl groups excluding tert-OH is 2. The lowest BCUT2D eigenvalue weighted by atomic mass is 9.43. The molecule has 4 saturated carbocycles. The third kappa shape index (κ3) is 1.96. The van der Waals surface area contributed by atoms with Crippen molar-refractivity contribution in [2.24, 2.45) is 34.5 Å². The van der Waals surface area contributed by atoms with E-state index in [1.165, 1.54) is 7.11 Å². The summed E-state index contributed by atoms with van der Waals surface area (Å²) in [5, 5.41) is 21.5. The second kappa shape index (κ2) is 5.31. The van der Waals surface area contributed by atoms with Gasteiger partial charge in [0.15, 0.2) is 0 Å². The van der Waals surface area contributed by atoms with Crippen LogP contribution in [0.1, 0.15) is 51.9 Å². The largest absolute Gasteiger partial charge is 0.469 e. The lowest BCUT2D eigenvalue weighted by molar-refractivity contribution is -0.185. The van der Waals surface area contributed by atoms with Gasteiger partial charge in [-0.05, 0) is 73.7 Å². The second-order valence-corrected chi connectivity index (χ2v) is 9.12. The molecule has 4 aliphatic rings. The van der Waals surface area contributed by atoms with Gasteiger partial charge in [0.25, 0.3) is 0 Å². The van der Waals surface area contributed by atoms with Gasteiger partial charge in [-0.2, -0.15) is 0 Å². The summed E-state index contributed by atoms with van der Waals surface area (Å²) in [7, 11) is 1.45. The Morgan fingerprint density at radius 3 is 2.71 bits per heavy atom. The Labute approximate surface area is 144 Å². The predicted molar refractivity (Wildman–Crippen MR) is 90.0 cm³/mol. The van der Waals surface area contributed by atoms with E-state index in [9.17, 15) is 15.0 Å². The predicted octanol–water partition coefficient (Wildman–Crippen LogP) is 2.68. The average Bonchev–Trinajstić information content (AvgIpc) is 2.73. The lowest BCUT2D eigenvalue weighted by Gasteiger charge is -2.62. The molecule has 0 unspecified atom stereocenters. The highest BCUT2D eigenvalue weighted by atomic mass is 16.5. The maximum absolute atomic E-state index is 12.3. The van der Waals surface area contributed by atoms with Gasteiger partial charge in [-0.1, -0.05) is 13.5 Å². The van der Waals surface area contributed by atoms with Crippen LogP contribution in [0, 0.1) is 34.5 Å². The van der Waals surface area contributed by atoms with Crippen LogP contribution in [0.4, 0.5) is 0 Å². The molecule has 1 spiro atoms. The zero-order valence-corrected chi connectivity index (χ0v) is 14.8. The fourth-order valence-corrected chi connectivity index (χ4v) is 7.40. The molecule has 0 aliphatic heterocycles. The molecular formula is C20H30O4. The molecule has 4 heteroatoms. The van der Waals surface area contributed by atoms with Crippen LogP contribution in [0.3, 0.4) is 0 Å². The number of carbonyl (C=O) groups is 1. The van der Waals surface area contributed by atoms with Crippen molar-refractivity contribution >= 4 is 5.97 Å². The number of aliphatic hydroxyl groups is 2. The minimum atomic E-state index is -0.454. The molecule has 2 N–H and O–H groups in total. The minimum absolute atomic E-state index is 0.0804. The molecule has 4 nitrogen and oxygen atoms in total. The van der Waals surface area contributed by atoms with Crippen LogP contribution in [-0.2, 0) is 9.53 Å². The Balaban J connectivity index is 1.74. The van der Waals surface area contributed by atoms with Crippen LogP contribution in [0.25, 0.3) is 0 Å². The maximum Gasteiger partial charge on any atom is 0.309 e. The van der Waals surface area contributed by atoms with Crippen molar-refractivity contribution < 1.29 is 19.7 Å². The number of methoxy groups -OCH3 is 1. The molecule has 134 valence electrons. The molecule has 2 bridgehead atoms. The molecule has 0 amide bonds. The van der Waals surface area contributed by atoms with E-state index in [0.29, 0.717) is 18.3 Å². The van der Waals surface area contributed by atoms with E-state index in [2.05, 4.69) is 13.5 Å². The summed E-state index contributed by atoms with van der Waals surface area (Å²) in [5.74, 6) is 0.686. The van der Waals surface area contributed by atoms with Gasteiger partial charge < -0.3 is 14.9 Å². The molecule has 4 rings (SSSR count). The van der Waals surface area contributed by atoms with Crippen molar-refractivity contribution in [2.75, 3.05) is 7.11 Å². The molecule has 0 aromatic heterocycles. The first-order valence-corrected chi connectivity index (χ1v) is 9.46. The standard InChI is InChI=1S/C20H30O4/c1-11-12-4-5-16-19(2)10-13(21)8-14(18(23)24-3)15(19)6-7-20(16,9-12)17(11)22/h12-17,21-22H,1,4-10H2,2-3H3/t12-,13-,14+,15-,16+,17+,19-,20-/m1/s1. The Kier molecular flexibility index (Phi) is 3.67. The Morgan fingerprint density at radius 2 is 2.00 bits per heavy atom. The first kappa shape index (κ1) is 16.6. The van der Waals surface area contributed by atoms with Crippen LogP contribution in [0.2, 0.25) is 0 Å². The van der Waals surface area contributed by atoms with Gasteiger partial charge in [0.1, 0.15) is 0 Å². The summed E-state index contributed by atoms with van der Waals surface area (Å²) in [5.41, 5.74) is 0.842. The molecule has 4 aliphatic carbocycles. The van der Waals surface area contributed by atoms with Gasteiger partial charge in [0.05, 0.1) is 25.2 Å². The van der Waals surface area contributed by atoms with Crippen molar-refractivity contribution in [2.45, 2.75) is 64.1 Å². The van der Waals surface area contributed by atoms with E-state index in [1.807, 2.05) is 0 Å². The highest BCUT2D eigenvalue weighted by molar-refractivity contribution is 5.73. The van der Waals surface area contributed by atoms with Gasteiger partial charge >= 0.3 is 5.97 Å². The van der Waals surface area contributed by atoms with Gasteiger partial charge in [-0.15, -0.1) is 0 Å². The summed E-state index contributed by atoms with van der Waals surface area (Å²) in [6.45, 7) is 6.45. The normalized spacial score (nSPS) is 53.2. The number of ether oxygens (including phenoxy) is 1. The fourth-order valence-electron chi connectivity index (χ4n) is 7.40. The van der Waals surface area contributed by atoms with Crippen molar-refractivity contribution in [3.8, 4) is 0 Å². The first-order chi connectivity index (χ1) is 11.3. The summed E-state index contributed by atoms with van der Waals surface area (Å²) in [6.07, 6.45) is 5.51. The molecule has 0 aromatic carbocycles. The van der Waals surface area contributed by atoms with Crippen molar-refractivity contribution in [3.05, 3.63) is 12.2 Å². The third-order valence-corrected chi connectivity index (χ3v) is 8.30. The van der Waals surface area contributed by atoms with E-state index < -0.39 is 12.2 Å². The Morgan fingerprint density at radius 1 is 1.25 bits per heavy atom. The highest BCUT2D eigenvalue weighted by Crippen LogP contribution is 2.70. The number of carbonyl (C=O) groups excluding carboxylic acids is 1. The van der Waals surface area contributed by atoms with Crippen LogP contribution < -0.4 is 0 Å². The topological polar surface area (TPSA) is 66.8 Å². The Bertz CT molecular complexity index is 572. The van der Waals surface area contributed by atoms with Crippen molar-refractivity contribution in [1.82, 2.24) is 0 Å². The van der Waals surface area contributed by atoms with Crippen LogP contribution in [0.15, 0.2) is 12.2 Å². The first-order valence-electron chi connectivity index (χ1n) is 9.46. The van der Waals surface area contributed by atoms with E-state index in [-0.39, 0.29) is 28.6 Å². The lowest BCUT2D eigenvalue weighted by Crippen LogP contribution is -2.59. The molecule has 0 heterocycles. The molecule has 0 radical (unpaired) electrons. The molecule has 8 atom stereocenters. The fraction of sp³-hybridized carbons (Fsp3) is 0.850. The number of esters is 1. The van der Waals surface area contributed by atoms with E-state index in [1.54, 1.807) is 0 Å². The molecule has 0 aromatic rings. The SMILES string of the molecule is C=C1[C@@H]2CC[C@H]3[C@]4(C)C[C@H](O)C[C@H](C(=O)OC)[C@H]4CC[C@]3(C2)[C@H]1O. The summed E-state index contributed by atoms with van der Waals surface area (Å²) in [6, 6.07) is 0. The van der Waals surface area contributed by atoms with Crippen LogP contribution in [0.5, 0.6) is 0 Å². The third-order valence-electron chi connectivity index (χ3n) is 8.30. The quantitative estimate of drug-likeness (QED) is 0.571. The number of rotatable bonds is 1. The number of fused-ring (bicyclic) bond motifs is 3. The number of hydrogen-bond acceptors (Lipinski definition) is 4. The molecule has 24 heavy (non-hydrogen) atoms. The van der Waals surface area contributed by atoms with Gasteiger partial charge in [0, 0.05) is 5.41 Å². The second-order valence-electron chi connectivity index (χ2n) is 9.12. The van der Waals surface area contributed by atoms with E-state index in [0.717, 1.165) is 44.1 Å². The Hall–Kier alpha value is -0.870. The number of hydrogen-bond donors (Lipinski definition) is 2. The van der Waals surface area contributed by atoms with Crippen LogP contribution in [-0.4, -0.2) is 35.5 Å². The van der Waals surface area contributed by atoms with Crippen LogP contribution >= 0.6 is 0 Å². The molecular weight excluding hydrogens is 304 g/mol. The van der Waals surface area contributed by atoms with E-state index >= 15 is 0 Å². The minimum Gasteiger partial charge on any atom is -0.469 e. The van der Waals surface area contributed by atoms with E-state index in [4.69, 9.17) is 4.74 Å². The maximum atomic E-state index is 12.3.